The third kappa shape index (κ3) is 36.3. The van der Waals surface area contributed by atoms with Crippen LogP contribution >= 0.6 is 0 Å². The van der Waals surface area contributed by atoms with Gasteiger partial charge in [0.25, 0.3) is 0 Å². The lowest BCUT2D eigenvalue weighted by Gasteiger charge is -2.05. The van der Waals surface area contributed by atoms with Crippen LogP contribution in [0.1, 0.15) is 208 Å². The molecular formula is C87H128N14. The minimum absolute atomic E-state index is 0.792. The van der Waals surface area contributed by atoms with Crippen LogP contribution < -0.4 is 0 Å². The molecule has 13 aromatic rings. The fourth-order valence-corrected chi connectivity index (χ4v) is 9.54. The molecule has 14 nitrogen and oxygen atoms in total. The van der Waals surface area contributed by atoms with Crippen molar-refractivity contribution in [2.24, 2.45) is 7.05 Å². The third-order valence-corrected chi connectivity index (χ3v) is 12.9. The average Bonchev–Trinajstić information content (AvgIpc) is 1.75. The largest absolute Gasteiger partial charge is 0.344 e. The number of hydrogen-bond acceptors (Lipinski definition) is 13. The van der Waals surface area contributed by atoms with Crippen molar-refractivity contribution in [3.8, 4) is 0 Å². The summed E-state index contributed by atoms with van der Waals surface area (Å²) in [6.07, 6.45) is 6.82. The Hall–Kier alpha value is -9.69. The topological polar surface area (TPSA) is 172 Å². The van der Waals surface area contributed by atoms with Gasteiger partial charge in [-0.3, -0.25) is 9.97 Å². The molecule has 14 heteroatoms. The van der Waals surface area contributed by atoms with Crippen LogP contribution in [0, 0.1) is 118 Å². The number of nitrogens with zero attached hydrogens (tertiary/aromatic N) is 14. The van der Waals surface area contributed by atoms with Crippen LogP contribution in [0.3, 0.4) is 0 Å². The Kier molecular flexibility index (Phi) is 53.0. The minimum atomic E-state index is 0.792. The Bertz CT molecular complexity index is 4020. The summed E-state index contributed by atoms with van der Waals surface area (Å²) in [6.45, 7) is 65.6. The van der Waals surface area contributed by atoms with Gasteiger partial charge < -0.3 is 4.57 Å². The first-order chi connectivity index (χ1) is 48.5. The van der Waals surface area contributed by atoms with Gasteiger partial charge in [-0.1, -0.05) is 231 Å². The van der Waals surface area contributed by atoms with E-state index in [0.29, 0.717) is 0 Å². The fourth-order valence-electron chi connectivity index (χ4n) is 9.54. The molecule has 0 saturated carbocycles. The van der Waals surface area contributed by atoms with E-state index in [1.54, 1.807) is 24.9 Å². The molecule has 0 atom stereocenters. The first-order valence-corrected chi connectivity index (χ1v) is 36.3. The summed E-state index contributed by atoms with van der Waals surface area (Å²) in [5.74, 6) is 4.89. The van der Waals surface area contributed by atoms with Crippen LogP contribution in [0.25, 0.3) is 54.4 Å². The van der Waals surface area contributed by atoms with Crippen molar-refractivity contribution < 1.29 is 0 Å². The van der Waals surface area contributed by atoms with Crippen molar-refractivity contribution in [3.05, 3.63) is 255 Å². The Morgan fingerprint density at radius 1 is 0.267 bits per heavy atom. The lowest BCUT2D eigenvalue weighted by atomic mass is 10.1. The highest BCUT2D eigenvalue weighted by Gasteiger charge is 2.08. The predicted octanol–water partition coefficient (Wildman–Crippen LogP) is 24.2. The van der Waals surface area contributed by atoms with Crippen molar-refractivity contribution >= 4 is 54.4 Å². The molecule has 7 heterocycles. The molecule has 13 rings (SSSR count). The SMILES string of the molecule is CC.CC.CC.CC.CC.CC.CC.CC.Cc1cc(C)cc(C)c1.Cc1cc(C)ncn1.Cc1ccc2c3ccccc3n(C)c2c1.Cc1ccnc(C)n1.Cc1cncc(C)n1.Cc1nc(C)c2ccc3ccccc3c2n1.Cc1nc(C)c2ccccc2n1.Cc1nc(C)nc(C)n1. The highest BCUT2D eigenvalue weighted by molar-refractivity contribution is 6.08. The molecule has 0 unspecified atom stereocenters. The lowest BCUT2D eigenvalue weighted by molar-refractivity contribution is 0.875. The van der Waals surface area contributed by atoms with Crippen molar-refractivity contribution in [1.82, 2.24) is 69.4 Å². The average molecular weight is 1370 g/mol. The minimum Gasteiger partial charge on any atom is -0.344 e. The Labute approximate surface area is 611 Å². The van der Waals surface area contributed by atoms with Gasteiger partial charge in [0.2, 0.25) is 0 Å². The molecule has 6 aromatic carbocycles. The second-order valence-electron chi connectivity index (χ2n) is 21.0. The maximum Gasteiger partial charge on any atom is 0.129 e. The van der Waals surface area contributed by atoms with Crippen molar-refractivity contribution in [2.45, 2.75) is 228 Å². The van der Waals surface area contributed by atoms with E-state index in [2.05, 4.69) is 201 Å². The Balaban J connectivity index is -0.00000107. The number of fused-ring (bicyclic) bond motifs is 7. The van der Waals surface area contributed by atoms with E-state index in [1.807, 2.05) is 237 Å². The van der Waals surface area contributed by atoms with Crippen molar-refractivity contribution in [2.75, 3.05) is 0 Å². The first kappa shape index (κ1) is 95.5. The monoisotopic (exact) mass is 1370 g/mol. The second kappa shape index (κ2) is 56.1. The summed E-state index contributed by atoms with van der Waals surface area (Å²) < 4.78 is 2.26. The number of hydrogen-bond donors (Lipinski definition) is 0. The fraction of sp³-hybridized carbons (Fsp3) is 0.391. The molecule has 0 aliphatic carbocycles. The molecule has 546 valence electrons. The zero-order chi connectivity index (χ0) is 77.7. The molecule has 0 radical (unpaired) electrons. The highest BCUT2D eigenvalue weighted by Crippen LogP contribution is 2.29. The summed E-state index contributed by atoms with van der Waals surface area (Å²) in [6, 6.07) is 46.2. The molecule has 0 spiro atoms. The van der Waals surface area contributed by atoms with Gasteiger partial charge in [0.15, 0.2) is 0 Å². The van der Waals surface area contributed by atoms with E-state index < -0.39 is 0 Å². The first-order valence-electron chi connectivity index (χ1n) is 36.3. The molecule has 7 aromatic heterocycles. The maximum atomic E-state index is 4.55. The molecule has 0 aliphatic heterocycles. The number of aromatic nitrogens is 14. The highest BCUT2D eigenvalue weighted by atomic mass is 15.0. The van der Waals surface area contributed by atoms with Crippen LogP contribution in [-0.4, -0.2) is 69.4 Å². The lowest BCUT2D eigenvalue weighted by Crippen LogP contribution is -1.97. The van der Waals surface area contributed by atoms with Crippen LogP contribution in [0.2, 0.25) is 0 Å². The van der Waals surface area contributed by atoms with Gasteiger partial charge in [-0.05, 0) is 159 Å². The van der Waals surface area contributed by atoms with E-state index in [4.69, 9.17) is 0 Å². The van der Waals surface area contributed by atoms with Crippen LogP contribution in [0.5, 0.6) is 0 Å². The van der Waals surface area contributed by atoms with E-state index in [0.717, 1.165) is 96.6 Å². The Morgan fingerprint density at radius 3 is 1.13 bits per heavy atom. The second-order valence-corrected chi connectivity index (χ2v) is 21.0. The normalized spacial score (nSPS) is 9.09. The number of para-hydroxylation sites is 2. The molecule has 0 aliphatic rings. The molecule has 0 amide bonds. The van der Waals surface area contributed by atoms with Crippen molar-refractivity contribution in [1.29, 1.82) is 0 Å². The van der Waals surface area contributed by atoms with Crippen LogP contribution in [0.15, 0.2) is 158 Å². The molecule has 101 heavy (non-hydrogen) atoms. The van der Waals surface area contributed by atoms with E-state index >= 15 is 0 Å². The summed E-state index contributed by atoms with van der Waals surface area (Å²) in [5.41, 5.74) is 17.2. The van der Waals surface area contributed by atoms with E-state index in [9.17, 15) is 0 Å². The molecular weight excluding hydrogens is 1240 g/mol. The van der Waals surface area contributed by atoms with E-state index in [-0.39, 0.29) is 0 Å². The van der Waals surface area contributed by atoms with Crippen LogP contribution in [0.4, 0.5) is 0 Å². The predicted molar refractivity (Wildman–Crippen MR) is 441 cm³/mol. The van der Waals surface area contributed by atoms with Crippen LogP contribution in [-0.2, 0) is 7.05 Å². The number of aryl methyl sites for hydroxylation is 18. The summed E-state index contributed by atoms with van der Waals surface area (Å²) >= 11 is 0. The number of rotatable bonds is 0. The molecule has 0 saturated heterocycles. The van der Waals surface area contributed by atoms with Gasteiger partial charge in [0.1, 0.15) is 41.3 Å². The Morgan fingerprint density at radius 2 is 0.683 bits per heavy atom. The third-order valence-electron chi connectivity index (χ3n) is 12.9. The van der Waals surface area contributed by atoms with Gasteiger partial charge in [-0.2, -0.15) is 0 Å². The molecule has 0 fully saturated rings. The smallest absolute Gasteiger partial charge is 0.129 e. The van der Waals surface area contributed by atoms with Crippen molar-refractivity contribution in [3.63, 3.8) is 0 Å². The maximum absolute atomic E-state index is 4.55. The zero-order valence-electron chi connectivity index (χ0n) is 68.8. The van der Waals surface area contributed by atoms with Gasteiger partial charge in [0.05, 0.1) is 22.4 Å². The standard InChI is InChI=1S/C14H12N2.C14H13N.C10H10N2.C9H12.C6H9N3.3C6H8N2.8C2H6/c1-9-12-8-7-11-5-3-4-6-13(11)14(12)16-10(2)15-9;1-10-7-8-12-11-5-3-4-6-13(11)15(2)14(12)9-10;1-7-9-5-3-4-6-10(9)12-8(2)11-7;1-7-4-8(2)6-9(3)5-7;1-4-7-5(2)9-6(3)8-4;1-5-3-7-4-6(2)8-5;1-5-3-6(2)8-4-7-5;1-5-3-4-7-6(2)8-5;8*1-2/h3-8H,1-2H3;3-9H,1-2H3;3-6H,1-2H3;4-6H,1-3H3;1-3H3;3*3-4H,1-2H3;8*1-2H3. The quantitative estimate of drug-likeness (QED) is 0.131. The van der Waals surface area contributed by atoms with E-state index in [1.165, 1.54) is 54.8 Å². The van der Waals surface area contributed by atoms with Gasteiger partial charge in [-0.15, -0.1) is 0 Å². The van der Waals surface area contributed by atoms with Gasteiger partial charge >= 0.3 is 0 Å². The van der Waals surface area contributed by atoms with Gasteiger partial charge in [-0.25, -0.2) is 54.8 Å². The number of benzene rings is 6. The summed E-state index contributed by atoms with van der Waals surface area (Å²) in [7, 11) is 2.13. The summed E-state index contributed by atoms with van der Waals surface area (Å²) in [5, 5.41) is 7.40. The summed E-state index contributed by atoms with van der Waals surface area (Å²) in [4.78, 5) is 53.5. The van der Waals surface area contributed by atoms with Gasteiger partial charge in [0, 0.05) is 92.1 Å². The zero-order valence-corrected chi connectivity index (χ0v) is 68.8. The molecule has 0 bridgehead atoms. The molecule has 0 N–H and O–H groups in total.